The van der Waals surface area contributed by atoms with Crippen LogP contribution < -0.4 is 5.56 Å². The molecule has 0 aromatic carbocycles. The number of hydrogen-bond donors (Lipinski definition) is 1. The number of aryl methyl sites for hydroxylation is 1. The minimum absolute atomic E-state index is 0.164. The van der Waals surface area contributed by atoms with Crippen LogP contribution in [0.4, 0.5) is 0 Å². The molecule has 48 valence electrons. The van der Waals surface area contributed by atoms with Gasteiger partial charge in [-0.25, -0.2) is 0 Å². The second-order valence-electron chi connectivity index (χ2n) is 1.71. The van der Waals surface area contributed by atoms with E-state index in [1.54, 1.807) is 7.05 Å². The van der Waals surface area contributed by atoms with E-state index in [4.69, 9.17) is 0 Å². The van der Waals surface area contributed by atoms with Crippen molar-refractivity contribution in [3.05, 3.63) is 22.1 Å². The highest BCUT2D eigenvalue weighted by atomic mass is 16.1. The van der Waals surface area contributed by atoms with Crippen LogP contribution >= 0.6 is 0 Å². The molecule has 0 saturated heterocycles. The first-order valence-corrected chi connectivity index (χ1v) is 2.45. The maximum absolute atomic E-state index is 10.7. The highest BCUT2D eigenvalue weighted by Gasteiger charge is 1.98. The van der Waals surface area contributed by atoms with Gasteiger partial charge < -0.3 is 5.10 Å². The van der Waals surface area contributed by atoms with Crippen LogP contribution in [0.2, 0.25) is 0 Å². The second-order valence-corrected chi connectivity index (χ2v) is 1.71. The fourth-order valence-electron chi connectivity index (χ4n) is 0.565. The lowest BCUT2D eigenvalue weighted by Gasteiger charge is -1.80. The number of H-pyrrole nitrogens is 1. The molecule has 0 bridgehead atoms. The van der Waals surface area contributed by atoms with Crippen molar-refractivity contribution in [3.63, 3.8) is 0 Å². The molecule has 0 spiro atoms. The molecule has 0 radical (unpaired) electrons. The van der Waals surface area contributed by atoms with E-state index < -0.39 is 0 Å². The van der Waals surface area contributed by atoms with Gasteiger partial charge in [0.15, 0.2) is 6.29 Å². The van der Waals surface area contributed by atoms with Gasteiger partial charge in [0, 0.05) is 13.2 Å². The van der Waals surface area contributed by atoms with Crippen LogP contribution in [0.5, 0.6) is 0 Å². The summed E-state index contributed by atoms with van der Waals surface area (Å²) < 4.78 is 1.24. The van der Waals surface area contributed by atoms with E-state index >= 15 is 0 Å². The second kappa shape index (κ2) is 1.89. The summed E-state index contributed by atoms with van der Waals surface area (Å²) >= 11 is 0. The standard InChI is InChI=1S/C5H6N2O2/c1-7-5(9)4(3-8)2-6-7/h2-3,6H,1H3. The van der Waals surface area contributed by atoms with Crippen LogP contribution in [0.15, 0.2) is 11.0 Å². The smallest absolute Gasteiger partial charge is 0.276 e. The molecular weight excluding hydrogens is 120 g/mol. The van der Waals surface area contributed by atoms with Gasteiger partial charge in [-0.1, -0.05) is 0 Å². The minimum Gasteiger partial charge on any atom is -0.302 e. The molecule has 1 rings (SSSR count). The van der Waals surface area contributed by atoms with Crippen LogP contribution in [0.25, 0.3) is 0 Å². The number of aromatic nitrogens is 2. The first kappa shape index (κ1) is 5.81. The van der Waals surface area contributed by atoms with Gasteiger partial charge in [0.2, 0.25) is 0 Å². The van der Waals surface area contributed by atoms with Gasteiger partial charge in [-0.15, -0.1) is 0 Å². The average molecular weight is 126 g/mol. The molecule has 0 saturated carbocycles. The summed E-state index contributed by atoms with van der Waals surface area (Å²) in [6.07, 6.45) is 1.90. The molecule has 0 fully saturated rings. The summed E-state index contributed by atoms with van der Waals surface area (Å²) in [6, 6.07) is 0. The largest absolute Gasteiger partial charge is 0.302 e. The third-order valence-electron chi connectivity index (χ3n) is 1.09. The zero-order valence-electron chi connectivity index (χ0n) is 4.92. The molecule has 1 heterocycles. The minimum atomic E-state index is -0.287. The van der Waals surface area contributed by atoms with Gasteiger partial charge in [-0.2, -0.15) is 0 Å². The molecule has 0 unspecified atom stereocenters. The molecule has 1 N–H and O–H groups in total. The average Bonchev–Trinajstić information content (AvgIpc) is 2.15. The van der Waals surface area contributed by atoms with Crippen molar-refractivity contribution in [2.45, 2.75) is 0 Å². The van der Waals surface area contributed by atoms with Gasteiger partial charge in [-0.3, -0.25) is 14.3 Å². The van der Waals surface area contributed by atoms with E-state index in [9.17, 15) is 9.59 Å². The predicted octanol–water partition coefficient (Wildman–Crippen LogP) is -0.474. The SMILES string of the molecule is Cn1[nH]cc(C=O)c1=O. The Hall–Kier alpha value is -1.32. The fraction of sp³-hybridized carbons (Fsp3) is 0.200. The van der Waals surface area contributed by atoms with Crippen molar-refractivity contribution in [3.8, 4) is 0 Å². The van der Waals surface area contributed by atoms with E-state index in [0.717, 1.165) is 0 Å². The predicted molar refractivity (Wildman–Crippen MR) is 31.4 cm³/mol. The summed E-state index contributed by atoms with van der Waals surface area (Å²) in [5, 5.41) is 2.56. The molecule has 1 aromatic rings. The summed E-state index contributed by atoms with van der Waals surface area (Å²) in [5.74, 6) is 0. The van der Waals surface area contributed by atoms with Crippen LogP contribution in [0, 0.1) is 0 Å². The number of aldehydes is 1. The van der Waals surface area contributed by atoms with E-state index in [0.29, 0.717) is 6.29 Å². The number of carbonyl (C=O) groups is 1. The van der Waals surface area contributed by atoms with Gasteiger partial charge in [-0.05, 0) is 0 Å². The Labute approximate surface area is 51.1 Å². The van der Waals surface area contributed by atoms with Crippen molar-refractivity contribution < 1.29 is 4.79 Å². The zero-order chi connectivity index (χ0) is 6.85. The monoisotopic (exact) mass is 126 g/mol. The number of aromatic amines is 1. The van der Waals surface area contributed by atoms with Crippen LogP contribution in [-0.4, -0.2) is 16.1 Å². The fourth-order valence-corrected chi connectivity index (χ4v) is 0.565. The molecule has 1 aromatic heterocycles. The third-order valence-corrected chi connectivity index (χ3v) is 1.09. The van der Waals surface area contributed by atoms with Crippen molar-refractivity contribution in [1.82, 2.24) is 9.78 Å². The Bertz CT molecular complexity index is 271. The number of rotatable bonds is 1. The molecular formula is C5H6N2O2. The highest BCUT2D eigenvalue weighted by Crippen LogP contribution is 1.78. The van der Waals surface area contributed by atoms with E-state index in [1.807, 2.05) is 0 Å². The van der Waals surface area contributed by atoms with Crippen LogP contribution in [-0.2, 0) is 7.05 Å². The molecule has 0 aliphatic carbocycles. The summed E-state index contributed by atoms with van der Waals surface area (Å²) in [5.41, 5.74) is -0.123. The van der Waals surface area contributed by atoms with Crippen LogP contribution in [0.1, 0.15) is 10.4 Å². The molecule has 0 amide bonds. The summed E-state index contributed by atoms with van der Waals surface area (Å²) in [6.45, 7) is 0. The lowest BCUT2D eigenvalue weighted by molar-refractivity contribution is 0.112. The first-order chi connectivity index (χ1) is 4.25. The van der Waals surface area contributed by atoms with Gasteiger partial charge >= 0.3 is 0 Å². The topological polar surface area (TPSA) is 54.9 Å². The summed E-state index contributed by atoms with van der Waals surface area (Å²) in [7, 11) is 1.55. The van der Waals surface area contributed by atoms with Gasteiger partial charge in [0.25, 0.3) is 5.56 Å². The Balaban J connectivity index is 3.36. The lowest BCUT2D eigenvalue weighted by Crippen LogP contribution is -2.14. The number of carbonyl (C=O) groups excluding carboxylic acids is 1. The van der Waals surface area contributed by atoms with Crippen molar-refractivity contribution in [1.29, 1.82) is 0 Å². The van der Waals surface area contributed by atoms with Crippen molar-refractivity contribution >= 4 is 6.29 Å². The van der Waals surface area contributed by atoms with E-state index in [1.165, 1.54) is 10.9 Å². The molecule has 4 heteroatoms. The Kier molecular flexibility index (Phi) is 1.22. The third kappa shape index (κ3) is 0.782. The van der Waals surface area contributed by atoms with Crippen molar-refractivity contribution in [2.24, 2.45) is 7.05 Å². The highest BCUT2D eigenvalue weighted by molar-refractivity contribution is 5.73. The van der Waals surface area contributed by atoms with E-state index in [2.05, 4.69) is 5.10 Å². The Morgan fingerprint density at radius 3 is 2.67 bits per heavy atom. The maximum Gasteiger partial charge on any atom is 0.276 e. The number of nitrogens with one attached hydrogen (secondary N) is 1. The van der Waals surface area contributed by atoms with Gasteiger partial charge in [0.1, 0.15) is 0 Å². The first-order valence-electron chi connectivity index (χ1n) is 2.45. The van der Waals surface area contributed by atoms with Gasteiger partial charge in [0.05, 0.1) is 5.56 Å². The normalized spacial score (nSPS) is 9.44. The van der Waals surface area contributed by atoms with Crippen molar-refractivity contribution in [2.75, 3.05) is 0 Å². The quantitative estimate of drug-likeness (QED) is 0.517. The summed E-state index contributed by atoms with van der Waals surface area (Å²) in [4.78, 5) is 20.7. The lowest BCUT2D eigenvalue weighted by atomic mass is 10.4. The maximum atomic E-state index is 10.7. The molecule has 9 heavy (non-hydrogen) atoms. The zero-order valence-corrected chi connectivity index (χ0v) is 4.92. The molecule has 0 aliphatic heterocycles. The Morgan fingerprint density at radius 1 is 1.78 bits per heavy atom. The van der Waals surface area contributed by atoms with Crippen LogP contribution in [0.3, 0.4) is 0 Å². The number of hydrogen-bond acceptors (Lipinski definition) is 2. The molecule has 4 nitrogen and oxygen atoms in total. The Morgan fingerprint density at radius 2 is 2.44 bits per heavy atom. The molecule has 0 aliphatic rings. The molecule has 0 atom stereocenters. The number of nitrogens with zero attached hydrogens (tertiary/aromatic N) is 1. The van der Waals surface area contributed by atoms with E-state index in [-0.39, 0.29) is 11.1 Å².